The monoisotopic (exact) mass is 240 g/mol. The molecule has 0 unspecified atom stereocenters. The number of nitrogens with zero attached hydrogens (tertiary/aromatic N) is 1. The van der Waals surface area contributed by atoms with Gasteiger partial charge in [-0.25, -0.2) is 0 Å². The Morgan fingerprint density at radius 1 is 1.33 bits per heavy atom. The maximum Gasteiger partial charge on any atom is 0.0480 e. The van der Waals surface area contributed by atoms with Crippen LogP contribution in [0.15, 0.2) is 43.1 Å². The molecule has 1 aromatic heterocycles. The number of nitrogens with one attached hydrogen (secondary N) is 1. The molecule has 1 heterocycles. The van der Waals surface area contributed by atoms with Crippen LogP contribution in [-0.2, 0) is 13.1 Å². The molecule has 3 rings (SSSR count). The van der Waals surface area contributed by atoms with E-state index in [2.05, 4.69) is 46.9 Å². The lowest BCUT2D eigenvalue weighted by molar-refractivity contribution is 0.688. The summed E-state index contributed by atoms with van der Waals surface area (Å²) < 4.78 is 2.30. The zero-order chi connectivity index (χ0) is 12.4. The number of benzene rings is 1. The molecule has 0 spiro atoms. The van der Waals surface area contributed by atoms with E-state index in [1.165, 1.54) is 29.3 Å². The summed E-state index contributed by atoms with van der Waals surface area (Å²) >= 11 is 0. The summed E-state index contributed by atoms with van der Waals surface area (Å²) in [6.07, 6.45) is 7.86. The van der Waals surface area contributed by atoms with E-state index >= 15 is 0 Å². The first-order valence-corrected chi connectivity index (χ1v) is 6.79. The third-order valence-corrected chi connectivity index (χ3v) is 3.58. The highest BCUT2D eigenvalue weighted by Gasteiger charge is 2.19. The highest BCUT2D eigenvalue weighted by molar-refractivity contribution is 5.80. The molecule has 0 radical (unpaired) electrons. The number of aromatic nitrogens is 1. The average Bonchev–Trinajstić information content (AvgIpc) is 3.14. The van der Waals surface area contributed by atoms with Gasteiger partial charge in [-0.2, -0.15) is 0 Å². The number of hydrogen-bond acceptors (Lipinski definition) is 1. The molecule has 1 N–H and O–H groups in total. The molecule has 1 aliphatic carbocycles. The van der Waals surface area contributed by atoms with E-state index in [0.29, 0.717) is 0 Å². The summed E-state index contributed by atoms with van der Waals surface area (Å²) in [6.45, 7) is 5.80. The summed E-state index contributed by atoms with van der Waals surface area (Å²) in [5.41, 5.74) is 2.71. The lowest BCUT2D eigenvalue weighted by atomic mass is 10.1. The number of allylic oxidation sites excluding steroid dienone is 1. The van der Waals surface area contributed by atoms with Crippen molar-refractivity contribution in [2.45, 2.75) is 38.4 Å². The molecule has 0 bridgehead atoms. The second kappa shape index (κ2) is 4.99. The zero-order valence-electron chi connectivity index (χ0n) is 10.7. The van der Waals surface area contributed by atoms with Gasteiger partial charge >= 0.3 is 0 Å². The lowest BCUT2D eigenvalue weighted by Crippen LogP contribution is -2.15. The van der Waals surface area contributed by atoms with E-state index in [9.17, 15) is 0 Å². The fourth-order valence-corrected chi connectivity index (χ4v) is 2.33. The van der Waals surface area contributed by atoms with Gasteiger partial charge in [0.2, 0.25) is 0 Å². The largest absolute Gasteiger partial charge is 0.347 e. The van der Waals surface area contributed by atoms with Gasteiger partial charge in [-0.1, -0.05) is 12.1 Å². The van der Waals surface area contributed by atoms with E-state index in [0.717, 1.165) is 25.6 Å². The van der Waals surface area contributed by atoms with Gasteiger partial charge < -0.3 is 9.88 Å². The average molecular weight is 240 g/mol. The Labute approximate surface area is 108 Å². The molecular weight excluding hydrogens is 220 g/mol. The number of hydrogen-bond donors (Lipinski definition) is 1. The Bertz CT molecular complexity index is 549. The predicted octanol–water partition coefficient (Wildman–Crippen LogP) is 3.47. The fourth-order valence-electron chi connectivity index (χ4n) is 2.33. The Morgan fingerprint density at radius 2 is 2.22 bits per heavy atom. The van der Waals surface area contributed by atoms with Gasteiger partial charge in [-0.15, -0.1) is 6.58 Å². The second-order valence-electron chi connectivity index (χ2n) is 5.13. The summed E-state index contributed by atoms with van der Waals surface area (Å²) in [5.74, 6) is 0. The maximum absolute atomic E-state index is 3.78. The van der Waals surface area contributed by atoms with Crippen molar-refractivity contribution in [2.24, 2.45) is 0 Å². The summed E-state index contributed by atoms with van der Waals surface area (Å²) in [5, 5.41) is 4.90. The Kier molecular flexibility index (Phi) is 3.20. The molecule has 1 saturated carbocycles. The maximum atomic E-state index is 3.78. The molecule has 18 heavy (non-hydrogen) atoms. The minimum absolute atomic E-state index is 0.776. The molecule has 94 valence electrons. The SMILES string of the molecule is C=CCCn1ccc2cc(CNC3CC3)ccc21. The van der Waals surface area contributed by atoms with Crippen LogP contribution >= 0.6 is 0 Å². The smallest absolute Gasteiger partial charge is 0.0480 e. The highest BCUT2D eigenvalue weighted by Crippen LogP contribution is 2.21. The van der Waals surface area contributed by atoms with Crippen molar-refractivity contribution in [2.75, 3.05) is 0 Å². The third kappa shape index (κ3) is 2.49. The van der Waals surface area contributed by atoms with E-state index in [1.807, 2.05) is 6.08 Å². The highest BCUT2D eigenvalue weighted by atomic mass is 15.0. The Hall–Kier alpha value is -1.54. The van der Waals surface area contributed by atoms with Crippen molar-refractivity contribution in [3.05, 3.63) is 48.7 Å². The van der Waals surface area contributed by atoms with E-state index < -0.39 is 0 Å². The van der Waals surface area contributed by atoms with Crippen LogP contribution < -0.4 is 5.32 Å². The van der Waals surface area contributed by atoms with Crippen LogP contribution in [0.5, 0.6) is 0 Å². The van der Waals surface area contributed by atoms with Crippen LogP contribution in [0.3, 0.4) is 0 Å². The zero-order valence-corrected chi connectivity index (χ0v) is 10.7. The lowest BCUT2D eigenvalue weighted by Gasteiger charge is -2.06. The number of fused-ring (bicyclic) bond motifs is 1. The van der Waals surface area contributed by atoms with Gasteiger partial charge in [0, 0.05) is 30.8 Å². The first-order valence-electron chi connectivity index (χ1n) is 6.79. The van der Waals surface area contributed by atoms with Crippen LogP contribution in [0.2, 0.25) is 0 Å². The normalized spacial score (nSPS) is 15.1. The molecule has 0 amide bonds. The van der Waals surface area contributed by atoms with E-state index in [1.54, 1.807) is 0 Å². The first kappa shape index (κ1) is 11.5. The van der Waals surface area contributed by atoms with Gasteiger partial charge in [0.1, 0.15) is 0 Å². The number of aryl methyl sites for hydroxylation is 1. The van der Waals surface area contributed by atoms with Crippen LogP contribution in [0.1, 0.15) is 24.8 Å². The van der Waals surface area contributed by atoms with Crippen LogP contribution in [-0.4, -0.2) is 10.6 Å². The summed E-state index contributed by atoms with van der Waals surface area (Å²) in [6, 6.07) is 9.76. The first-order chi connectivity index (χ1) is 8.86. The summed E-state index contributed by atoms with van der Waals surface area (Å²) in [4.78, 5) is 0. The van der Waals surface area contributed by atoms with Crippen LogP contribution in [0.25, 0.3) is 10.9 Å². The van der Waals surface area contributed by atoms with Gasteiger partial charge in [0.05, 0.1) is 0 Å². The van der Waals surface area contributed by atoms with Gasteiger partial charge in [-0.05, 0) is 48.4 Å². The quantitative estimate of drug-likeness (QED) is 0.765. The van der Waals surface area contributed by atoms with Gasteiger partial charge in [0.25, 0.3) is 0 Å². The van der Waals surface area contributed by atoms with Crippen molar-refractivity contribution in [1.82, 2.24) is 9.88 Å². The number of rotatable bonds is 6. The molecule has 1 fully saturated rings. The standard InChI is InChI=1S/C16H20N2/c1-2-3-9-18-10-8-14-11-13(4-7-16(14)18)12-17-15-5-6-15/h2,4,7-8,10-11,15,17H,1,3,5-6,9,12H2. The molecule has 2 heteroatoms. The Morgan fingerprint density at radius 3 is 3.00 bits per heavy atom. The van der Waals surface area contributed by atoms with Crippen molar-refractivity contribution in [3.8, 4) is 0 Å². The van der Waals surface area contributed by atoms with Crippen LogP contribution in [0, 0.1) is 0 Å². The van der Waals surface area contributed by atoms with Crippen molar-refractivity contribution in [1.29, 1.82) is 0 Å². The summed E-state index contributed by atoms with van der Waals surface area (Å²) in [7, 11) is 0. The molecule has 0 aliphatic heterocycles. The van der Waals surface area contributed by atoms with Crippen LogP contribution in [0.4, 0.5) is 0 Å². The Balaban J connectivity index is 1.77. The minimum Gasteiger partial charge on any atom is -0.347 e. The molecule has 2 nitrogen and oxygen atoms in total. The molecular formula is C16H20N2. The van der Waals surface area contributed by atoms with E-state index in [4.69, 9.17) is 0 Å². The third-order valence-electron chi connectivity index (χ3n) is 3.58. The molecule has 2 aromatic rings. The van der Waals surface area contributed by atoms with Crippen molar-refractivity contribution >= 4 is 10.9 Å². The molecule has 0 atom stereocenters. The molecule has 0 saturated heterocycles. The minimum atomic E-state index is 0.776. The topological polar surface area (TPSA) is 17.0 Å². The molecule has 1 aromatic carbocycles. The van der Waals surface area contributed by atoms with Gasteiger partial charge in [-0.3, -0.25) is 0 Å². The molecule has 1 aliphatic rings. The van der Waals surface area contributed by atoms with Crippen molar-refractivity contribution in [3.63, 3.8) is 0 Å². The fraction of sp³-hybridized carbons (Fsp3) is 0.375. The predicted molar refractivity (Wildman–Crippen MR) is 76.6 cm³/mol. The van der Waals surface area contributed by atoms with Gasteiger partial charge in [0.15, 0.2) is 0 Å². The van der Waals surface area contributed by atoms with E-state index in [-0.39, 0.29) is 0 Å². The second-order valence-corrected chi connectivity index (χ2v) is 5.13. The van der Waals surface area contributed by atoms with Crippen molar-refractivity contribution < 1.29 is 0 Å².